The number of nitrogens with zero attached hydrogens (tertiary/aromatic N) is 1. The Bertz CT molecular complexity index is 539. The molecule has 5 atom stereocenters. The fraction of sp³-hybridized carbons (Fsp3) is 0.909. The SMILES string of the molecule is CCC1CN2CCC1PC2COC(=O)CCCC(=O)OCC(C)(C)OCC(C)C. The van der Waals surface area contributed by atoms with Crippen molar-refractivity contribution in [3.05, 3.63) is 0 Å². The van der Waals surface area contributed by atoms with Gasteiger partial charge in [-0.15, -0.1) is 0 Å². The lowest BCUT2D eigenvalue weighted by molar-refractivity contribution is -0.154. The van der Waals surface area contributed by atoms with E-state index in [4.69, 9.17) is 14.2 Å². The van der Waals surface area contributed by atoms with E-state index in [0.717, 1.165) is 33.2 Å². The standard InChI is InChI=1S/C22H40NO5P/c1-6-17-12-23-11-10-18(17)29-19(23)14-26-20(24)8-7-9-21(25)27-15-22(4,5)28-13-16(2)3/h16-19,29H,6-15H2,1-5H3. The summed E-state index contributed by atoms with van der Waals surface area (Å²) < 4.78 is 16.6. The average Bonchev–Trinajstić information content (AvgIpc) is 2.69. The molecule has 0 radical (unpaired) electrons. The van der Waals surface area contributed by atoms with Crippen LogP contribution in [0.25, 0.3) is 0 Å². The van der Waals surface area contributed by atoms with Gasteiger partial charge in [0.15, 0.2) is 0 Å². The van der Waals surface area contributed by atoms with E-state index in [9.17, 15) is 9.59 Å². The molecule has 6 nitrogen and oxygen atoms in total. The lowest BCUT2D eigenvalue weighted by atomic mass is 9.94. The van der Waals surface area contributed by atoms with E-state index in [1.54, 1.807) is 0 Å². The van der Waals surface area contributed by atoms with Crippen molar-refractivity contribution < 1.29 is 23.8 Å². The molecule has 3 aliphatic heterocycles. The van der Waals surface area contributed by atoms with Crippen molar-refractivity contribution in [2.75, 3.05) is 32.9 Å². The minimum Gasteiger partial charge on any atom is -0.464 e. The first kappa shape index (κ1) is 24.6. The number of piperidine rings is 1. The second-order valence-corrected chi connectivity index (χ2v) is 11.1. The summed E-state index contributed by atoms with van der Waals surface area (Å²) in [5.74, 6) is 1.16. The summed E-state index contributed by atoms with van der Waals surface area (Å²) >= 11 is 0. The number of hydrogen-bond acceptors (Lipinski definition) is 6. The number of esters is 2. The molecule has 3 saturated heterocycles. The topological polar surface area (TPSA) is 65.1 Å². The normalized spacial score (nSPS) is 27.4. The van der Waals surface area contributed by atoms with Crippen LogP contribution in [0.4, 0.5) is 0 Å². The zero-order valence-corrected chi connectivity index (χ0v) is 19.9. The van der Waals surface area contributed by atoms with Crippen LogP contribution in [0.3, 0.4) is 0 Å². The van der Waals surface area contributed by atoms with Crippen molar-refractivity contribution in [1.82, 2.24) is 4.90 Å². The minimum atomic E-state index is -0.495. The first-order chi connectivity index (χ1) is 13.7. The Morgan fingerprint density at radius 3 is 2.45 bits per heavy atom. The van der Waals surface area contributed by atoms with Gasteiger partial charge in [0.05, 0.1) is 11.4 Å². The number of hydrogen-bond donors (Lipinski definition) is 0. The molecule has 0 spiro atoms. The monoisotopic (exact) mass is 429 g/mol. The highest BCUT2D eigenvalue weighted by molar-refractivity contribution is 7.40. The van der Waals surface area contributed by atoms with Crippen molar-refractivity contribution in [2.45, 2.75) is 83.8 Å². The molecule has 2 bridgehead atoms. The Kier molecular flexibility index (Phi) is 9.84. The largest absolute Gasteiger partial charge is 0.464 e. The number of carbonyl (C=O) groups is 2. The van der Waals surface area contributed by atoms with Gasteiger partial charge in [-0.3, -0.25) is 14.5 Å². The van der Waals surface area contributed by atoms with Gasteiger partial charge in [0.2, 0.25) is 0 Å². The summed E-state index contributed by atoms with van der Waals surface area (Å²) in [6.45, 7) is 13.9. The fourth-order valence-electron chi connectivity index (χ4n) is 3.86. The predicted octanol–water partition coefficient (Wildman–Crippen LogP) is 3.81. The van der Waals surface area contributed by atoms with Gasteiger partial charge in [-0.2, -0.15) is 0 Å². The van der Waals surface area contributed by atoms with Crippen LogP contribution < -0.4 is 0 Å². The molecule has 168 valence electrons. The van der Waals surface area contributed by atoms with Gasteiger partial charge >= 0.3 is 11.9 Å². The summed E-state index contributed by atoms with van der Waals surface area (Å²) in [6.07, 6.45) is 3.49. The van der Waals surface area contributed by atoms with Crippen LogP contribution in [0.2, 0.25) is 0 Å². The van der Waals surface area contributed by atoms with E-state index < -0.39 is 5.60 Å². The molecular formula is C22H40NO5P. The van der Waals surface area contributed by atoms with E-state index in [0.29, 0.717) is 31.3 Å². The molecule has 3 aliphatic rings. The van der Waals surface area contributed by atoms with Crippen molar-refractivity contribution in [3.63, 3.8) is 0 Å². The molecule has 0 saturated carbocycles. The number of rotatable bonds is 12. The summed E-state index contributed by atoms with van der Waals surface area (Å²) in [6, 6.07) is 0. The lowest BCUT2D eigenvalue weighted by Gasteiger charge is -2.49. The molecule has 3 rings (SSSR count). The van der Waals surface area contributed by atoms with Gasteiger partial charge in [-0.05, 0) is 50.7 Å². The van der Waals surface area contributed by atoms with Crippen LogP contribution in [-0.4, -0.2) is 66.8 Å². The van der Waals surface area contributed by atoms with Crippen LogP contribution in [0.1, 0.15) is 66.7 Å². The van der Waals surface area contributed by atoms with Crippen LogP contribution in [-0.2, 0) is 23.8 Å². The molecule has 0 N–H and O–H groups in total. The highest BCUT2D eigenvalue weighted by atomic mass is 31.1. The Labute approximate surface area is 178 Å². The second kappa shape index (κ2) is 11.6. The van der Waals surface area contributed by atoms with E-state index in [1.165, 1.54) is 12.8 Å². The summed E-state index contributed by atoms with van der Waals surface area (Å²) in [4.78, 5) is 26.5. The molecule has 5 unspecified atom stereocenters. The van der Waals surface area contributed by atoms with Gasteiger partial charge in [0, 0.05) is 26.0 Å². The van der Waals surface area contributed by atoms with E-state index in [-0.39, 0.29) is 31.4 Å². The Morgan fingerprint density at radius 1 is 1.17 bits per heavy atom. The summed E-state index contributed by atoms with van der Waals surface area (Å²) in [5.41, 5.74) is 0.322. The van der Waals surface area contributed by atoms with Crippen LogP contribution in [0.5, 0.6) is 0 Å². The Morgan fingerprint density at radius 2 is 1.86 bits per heavy atom. The maximum Gasteiger partial charge on any atom is 0.305 e. The maximum absolute atomic E-state index is 12.1. The zero-order valence-electron chi connectivity index (χ0n) is 18.9. The number of carbonyl (C=O) groups excluding carboxylic acids is 2. The Balaban J connectivity index is 1.56. The maximum atomic E-state index is 12.1. The molecule has 29 heavy (non-hydrogen) atoms. The van der Waals surface area contributed by atoms with E-state index >= 15 is 0 Å². The third-order valence-electron chi connectivity index (χ3n) is 5.69. The molecule has 0 aromatic heterocycles. The van der Waals surface area contributed by atoms with Crippen molar-refractivity contribution in [2.24, 2.45) is 11.8 Å². The van der Waals surface area contributed by atoms with Crippen LogP contribution in [0, 0.1) is 11.8 Å². The fourth-order valence-corrected chi connectivity index (χ4v) is 5.89. The van der Waals surface area contributed by atoms with Crippen LogP contribution >= 0.6 is 8.58 Å². The molecule has 0 amide bonds. The van der Waals surface area contributed by atoms with Crippen molar-refractivity contribution in [1.29, 1.82) is 0 Å². The molecule has 0 aromatic rings. The average molecular weight is 430 g/mol. The smallest absolute Gasteiger partial charge is 0.305 e. The molecule has 7 heteroatoms. The molecule has 3 fully saturated rings. The zero-order chi connectivity index (χ0) is 21.4. The molecule has 3 heterocycles. The van der Waals surface area contributed by atoms with Gasteiger partial charge in [0.1, 0.15) is 13.2 Å². The van der Waals surface area contributed by atoms with Crippen molar-refractivity contribution in [3.8, 4) is 0 Å². The van der Waals surface area contributed by atoms with Gasteiger partial charge < -0.3 is 14.2 Å². The Hall–Kier alpha value is -0.710. The first-order valence-corrected chi connectivity index (χ1v) is 12.3. The number of fused-ring (bicyclic) bond motifs is 3. The predicted molar refractivity (Wildman–Crippen MR) is 117 cm³/mol. The molecule has 0 aromatic carbocycles. The van der Waals surface area contributed by atoms with Gasteiger partial charge in [0.25, 0.3) is 0 Å². The minimum absolute atomic E-state index is 0.210. The van der Waals surface area contributed by atoms with E-state index in [2.05, 4.69) is 25.7 Å². The third-order valence-corrected chi connectivity index (χ3v) is 7.79. The summed E-state index contributed by atoms with van der Waals surface area (Å²) in [7, 11) is 0.874. The third kappa shape index (κ3) is 8.51. The molecule has 0 aliphatic carbocycles. The van der Waals surface area contributed by atoms with Gasteiger partial charge in [-0.25, -0.2) is 0 Å². The second-order valence-electron chi connectivity index (χ2n) is 9.40. The highest BCUT2D eigenvalue weighted by Crippen LogP contribution is 2.45. The van der Waals surface area contributed by atoms with Crippen molar-refractivity contribution >= 4 is 20.5 Å². The highest BCUT2D eigenvalue weighted by Gasteiger charge is 2.39. The molecular weight excluding hydrogens is 389 g/mol. The summed E-state index contributed by atoms with van der Waals surface area (Å²) in [5, 5.41) is 0. The van der Waals surface area contributed by atoms with E-state index in [1.807, 2.05) is 13.8 Å². The van der Waals surface area contributed by atoms with Crippen LogP contribution in [0.15, 0.2) is 0 Å². The lowest BCUT2D eigenvalue weighted by Crippen LogP contribution is -2.52. The van der Waals surface area contributed by atoms with Gasteiger partial charge in [-0.1, -0.05) is 35.8 Å². The first-order valence-electron chi connectivity index (χ1n) is 11.2. The number of ether oxygens (including phenoxy) is 3. The quantitative estimate of drug-likeness (QED) is 0.347.